The van der Waals surface area contributed by atoms with Crippen molar-refractivity contribution in [1.29, 1.82) is 0 Å². The van der Waals surface area contributed by atoms with Gasteiger partial charge in [-0.3, -0.25) is 9.47 Å². The number of fused-ring (bicyclic) bond motifs is 1. The molecule has 0 bridgehead atoms. The van der Waals surface area contributed by atoms with E-state index < -0.39 is 0 Å². The van der Waals surface area contributed by atoms with Gasteiger partial charge in [-0.2, -0.15) is 0 Å². The van der Waals surface area contributed by atoms with Crippen molar-refractivity contribution in [3.63, 3.8) is 0 Å². The summed E-state index contributed by atoms with van der Waals surface area (Å²) in [6, 6.07) is 16.5. The first kappa shape index (κ1) is 15.5. The maximum absolute atomic E-state index is 12.4. The Morgan fingerprint density at radius 1 is 1.04 bits per heavy atom. The second kappa shape index (κ2) is 6.46. The van der Waals surface area contributed by atoms with Crippen LogP contribution in [0, 0.1) is 0 Å². The Kier molecular flexibility index (Phi) is 4.17. The van der Waals surface area contributed by atoms with E-state index in [4.69, 9.17) is 11.6 Å². The summed E-state index contributed by atoms with van der Waals surface area (Å²) in [5.74, 6) is 0. The molecule has 24 heavy (non-hydrogen) atoms. The Morgan fingerprint density at radius 3 is 2.54 bits per heavy atom. The Bertz CT molecular complexity index is 892. The van der Waals surface area contributed by atoms with Crippen LogP contribution < -0.4 is 5.69 Å². The van der Waals surface area contributed by atoms with Crippen molar-refractivity contribution in [2.45, 2.75) is 25.4 Å². The van der Waals surface area contributed by atoms with Gasteiger partial charge in [0.1, 0.15) is 0 Å². The summed E-state index contributed by atoms with van der Waals surface area (Å²) in [4.78, 5) is 17.8. The molecule has 3 aromatic rings. The lowest BCUT2D eigenvalue weighted by atomic mass is 10.0. The van der Waals surface area contributed by atoms with Gasteiger partial charge in [-0.1, -0.05) is 48.0 Å². The Balaban J connectivity index is 1.51. The molecule has 4 rings (SSSR count). The standard InChI is InChI=1S/C19H20ClN3O/c20-16-7-4-8-17-18(16)21-19(24)23(17)15-9-11-22(12-10-15)13-14-5-2-1-3-6-14/h1-8,15H,9-13H2,(H,21,24). The molecule has 1 N–H and O–H groups in total. The van der Waals surface area contributed by atoms with Gasteiger partial charge in [0.05, 0.1) is 16.1 Å². The van der Waals surface area contributed by atoms with Crippen molar-refractivity contribution in [2.75, 3.05) is 13.1 Å². The highest BCUT2D eigenvalue weighted by Gasteiger charge is 2.24. The van der Waals surface area contributed by atoms with Crippen LogP contribution >= 0.6 is 11.6 Å². The number of hydrogen-bond acceptors (Lipinski definition) is 2. The fraction of sp³-hybridized carbons (Fsp3) is 0.316. The normalized spacial score (nSPS) is 16.7. The first-order valence-corrected chi connectivity index (χ1v) is 8.75. The molecular formula is C19H20ClN3O. The van der Waals surface area contributed by atoms with E-state index in [-0.39, 0.29) is 11.7 Å². The zero-order chi connectivity index (χ0) is 16.5. The molecule has 0 spiro atoms. The number of para-hydroxylation sites is 1. The fourth-order valence-electron chi connectivity index (χ4n) is 3.65. The molecule has 2 aromatic carbocycles. The van der Waals surface area contributed by atoms with Gasteiger partial charge in [-0.25, -0.2) is 4.79 Å². The van der Waals surface area contributed by atoms with Gasteiger partial charge in [0.25, 0.3) is 0 Å². The van der Waals surface area contributed by atoms with Gasteiger partial charge in [0, 0.05) is 25.7 Å². The number of hydrogen-bond donors (Lipinski definition) is 1. The first-order valence-electron chi connectivity index (χ1n) is 8.37. The van der Waals surface area contributed by atoms with Crippen LogP contribution in [0.1, 0.15) is 24.4 Å². The van der Waals surface area contributed by atoms with Crippen molar-refractivity contribution >= 4 is 22.6 Å². The van der Waals surface area contributed by atoms with E-state index in [0.29, 0.717) is 5.02 Å². The van der Waals surface area contributed by atoms with E-state index >= 15 is 0 Å². The van der Waals surface area contributed by atoms with Crippen LogP contribution in [-0.2, 0) is 6.54 Å². The second-order valence-electron chi connectivity index (χ2n) is 6.43. The second-order valence-corrected chi connectivity index (χ2v) is 6.83. The molecule has 1 aliphatic rings. The van der Waals surface area contributed by atoms with Crippen molar-refractivity contribution < 1.29 is 0 Å². The van der Waals surface area contributed by atoms with E-state index in [0.717, 1.165) is 43.5 Å². The molecule has 1 aliphatic heterocycles. The quantitative estimate of drug-likeness (QED) is 0.786. The highest BCUT2D eigenvalue weighted by Crippen LogP contribution is 2.28. The summed E-state index contributed by atoms with van der Waals surface area (Å²) in [5.41, 5.74) is 2.94. The minimum absolute atomic E-state index is 0.0559. The van der Waals surface area contributed by atoms with Gasteiger partial charge in [-0.05, 0) is 30.5 Å². The Hall–Kier alpha value is -2.04. The molecule has 1 saturated heterocycles. The summed E-state index contributed by atoms with van der Waals surface area (Å²) in [7, 11) is 0. The Morgan fingerprint density at radius 2 is 1.79 bits per heavy atom. The molecule has 1 fully saturated rings. The number of piperidine rings is 1. The third-order valence-electron chi connectivity index (χ3n) is 4.87. The van der Waals surface area contributed by atoms with Crippen LogP contribution in [0.4, 0.5) is 0 Å². The molecule has 0 unspecified atom stereocenters. The van der Waals surface area contributed by atoms with Gasteiger partial charge in [0.2, 0.25) is 0 Å². The molecule has 0 amide bonds. The maximum atomic E-state index is 12.4. The summed E-state index contributed by atoms with van der Waals surface area (Å²) in [6.45, 7) is 2.97. The van der Waals surface area contributed by atoms with Crippen LogP contribution in [0.15, 0.2) is 53.3 Å². The highest BCUT2D eigenvalue weighted by molar-refractivity contribution is 6.34. The van der Waals surface area contributed by atoms with Crippen LogP contribution in [0.25, 0.3) is 11.0 Å². The van der Waals surface area contributed by atoms with E-state index in [9.17, 15) is 4.79 Å². The number of benzene rings is 2. The number of aromatic nitrogens is 2. The maximum Gasteiger partial charge on any atom is 0.326 e. The van der Waals surface area contributed by atoms with Crippen LogP contribution in [0.2, 0.25) is 5.02 Å². The summed E-state index contributed by atoms with van der Waals surface area (Å²) >= 11 is 6.20. The smallest absolute Gasteiger partial charge is 0.304 e. The number of nitrogens with one attached hydrogen (secondary N) is 1. The van der Waals surface area contributed by atoms with Crippen molar-refractivity contribution in [3.8, 4) is 0 Å². The molecule has 0 atom stereocenters. The third-order valence-corrected chi connectivity index (χ3v) is 5.19. The number of aromatic amines is 1. The fourth-order valence-corrected chi connectivity index (χ4v) is 3.87. The van der Waals surface area contributed by atoms with Gasteiger partial charge < -0.3 is 4.98 Å². The van der Waals surface area contributed by atoms with Gasteiger partial charge >= 0.3 is 5.69 Å². The average Bonchev–Trinajstić information content (AvgIpc) is 2.94. The molecule has 124 valence electrons. The zero-order valence-corrected chi connectivity index (χ0v) is 14.2. The molecule has 5 heteroatoms. The number of likely N-dealkylation sites (tertiary alicyclic amines) is 1. The first-order chi connectivity index (χ1) is 11.7. The van der Waals surface area contributed by atoms with E-state index in [1.54, 1.807) is 0 Å². The number of imidazole rings is 1. The summed E-state index contributed by atoms with van der Waals surface area (Å²) < 4.78 is 1.89. The third kappa shape index (κ3) is 2.87. The molecule has 4 nitrogen and oxygen atoms in total. The topological polar surface area (TPSA) is 41.0 Å². The molecular weight excluding hydrogens is 322 g/mol. The van der Waals surface area contributed by atoms with E-state index in [2.05, 4.69) is 34.1 Å². The van der Waals surface area contributed by atoms with Crippen LogP contribution in [-0.4, -0.2) is 27.5 Å². The summed E-state index contributed by atoms with van der Waals surface area (Å²) in [5, 5.41) is 0.602. The largest absolute Gasteiger partial charge is 0.326 e. The van der Waals surface area contributed by atoms with E-state index in [1.807, 2.05) is 28.8 Å². The predicted molar refractivity (Wildman–Crippen MR) is 97.6 cm³/mol. The van der Waals surface area contributed by atoms with Crippen molar-refractivity contribution in [3.05, 3.63) is 69.6 Å². The minimum atomic E-state index is -0.0559. The zero-order valence-electron chi connectivity index (χ0n) is 13.4. The molecule has 0 radical (unpaired) electrons. The Labute approximate surface area is 145 Å². The van der Waals surface area contributed by atoms with Crippen molar-refractivity contribution in [1.82, 2.24) is 14.5 Å². The summed E-state index contributed by atoms with van der Waals surface area (Å²) in [6.07, 6.45) is 1.96. The molecule has 2 heterocycles. The number of nitrogens with zero attached hydrogens (tertiary/aromatic N) is 2. The van der Waals surface area contributed by atoms with Gasteiger partial charge in [-0.15, -0.1) is 0 Å². The molecule has 0 saturated carbocycles. The SMILES string of the molecule is O=c1[nH]c2c(Cl)cccc2n1C1CCN(Cc2ccccc2)CC1. The van der Waals surface area contributed by atoms with E-state index in [1.165, 1.54) is 5.56 Å². The lowest BCUT2D eigenvalue weighted by molar-refractivity contribution is 0.180. The lowest BCUT2D eigenvalue weighted by Gasteiger charge is -2.32. The highest BCUT2D eigenvalue weighted by atomic mass is 35.5. The number of H-pyrrole nitrogens is 1. The van der Waals surface area contributed by atoms with Crippen LogP contribution in [0.5, 0.6) is 0 Å². The number of rotatable bonds is 3. The van der Waals surface area contributed by atoms with Crippen LogP contribution in [0.3, 0.4) is 0 Å². The monoisotopic (exact) mass is 341 g/mol. The lowest BCUT2D eigenvalue weighted by Crippen LogP contribution is -2.36. The minimum Gasteiger partial charge on any atom is -0.304 e. The predicted octanol–water partition coefficient (Wildman–Crippen LogP) is 3.82. The average molecular weight is 342 g/mol. The van der Waals surface area contributed by atoms with Crippen molar-refractivity contribution in [2.24, 2.45) is 0 Å². The molecule has 1 aromatic heterocycles. The van der Waals surface area contributed by atoms with Gasteiger partial charge in [0.15, 0.2) is 0 Å². The number of halogens is 1. The molecule has 0 aliphatic carbocycles.